The molecule has 0 aliphatic heterocycles. The molecule has 0 N–H and O–H groups in total. The molecule has 2 nitrogen and oxygen atoms in total. The third-order valence-electron chi connectivity index (χ3n) is 1.72. The summed E-state index contributed by atoms with van der Waals surface area (Å²) in [6, 6.07) is 1.76. The van der Waals surface area contributed by atoms with Crippen LogP contribution in [-0.2, 0) is 9.53 Å². The summed E-state index contributed by atoms with van der Waals surface area (Å²) in [6.07, 6.45) is -0.241. The number of ether oxygens (including phenoxy) is 1. The van der Waals surface area contributed by atoms with Crippen molar-refractivity contribution in [3.63, 3.8) is 0 Å². The molecule has 1 aromatic carbocycles. The second kappa shape index (κ2) is 5.21. The summed E-state index contributed by atoms with van der Waals surface area (Å²) in [4.78, 5) is 10.7. The maximum Gasteiger partial charge on any atom is 0.317 e. The Morgan fingerprint density at radius 2 is 2.00 bits per heavy atom. The van der Waals surface area contributed by atoms with Crippen LogP contribution in [0.25, 0.3) is 0 Å². The van der Waals surface area contributed by atoms with Gasteiger partial charge in [-0.15, -0.1) is 0 Å². The summed E-state index contributed by atoms with van der Waals surface area (Å²) in [5, 5.41) is 0. The van der Waals surface area contributed by atoms with E-state index < -0.39 is 23.4 Å². The number of hydrogen-bond donors (Lipinski definition) is 0. The fourth-order valence-electron chi connectivity index (χ4n) is 0.906. The molecule has 0 aliphatic rings. The fraction of sp³-hybridized carbons (Fsp3) is 0.182. The molecule has 0 atom stereocenters. The zero-order chi connectivity index (χ0) is 12.1. The van der Waals surface area contributed by atoms with E-state index in [1.54, 1.807) is 0 Å². The minimum absolute atomic E-state index is 0.241. The van der Waals surface area contributed by atoms with E-state index in [9.17, 15) is 18.0 Å². The van der Waals surface area contributed by atoms with E-state index in [2.05, 4.69) is 16.6 Å². The Kier molecular flexibility index (Phi) is 3.95. The number of carbonyl (C=O) groups is 1. The molecule has 5 heteroatoms. The Morgan fingerprint density at radius 3 is 2.62 bits per heavy atom. The first kappa shape index (κ1) is 12.1. The lowest BCUT2D eigenvalue weighted by atomic mass is 10.2. The molecule has 0 radical (unpaired) electrons. The number of carbonyl (C=O) groups excluding carboxylic acids is 1. The smallest absolute Gasteiger partial charge is 0.317 e. The van der Waals surface area contributed by atoms with Crippen LogP contribution in [-0.4, -0.2) is 13.1 Å². The van der Waals surface area contributed by atoms with Crippen LogP contribution in [0.15, 0.2) is 12.1 Å². The van der Waals surface area contributed by atoms with Crippen LogP contribution in [0.1, 0.15) is 12.0 Å². The van der Waals surface area contributed by atoms with Crippen molar-refractivity contribution in [3.05, 3.63) is 35.1 Å². The van der Waals surface area contributed by atoms with Gasteiger partial charge in [0.25, 0.3) is 0 Å². The molecule has 16 heavy (non-hydrogen) atoms. The predicted octanol–water partition coefficient (Wildman–Crippen LogP) is 2.02. The minimum Gasteiger partial charge on any atom is -0.468 e. The molecule has 1 aromatic rings. The van der Waals surface area contributed by atoms with Gasteiger partial charge in [-0.25, -0.2) is 13.2 Å². The van der Waals surface area contributed by atoms with Crippen molar-refractivity contribution in [2.45, 2.75) is 6.42 Å². The molecule has 0 fully saturated rings. The minimum atomic E-state index is -1.58. The Morgan fingerprint density at radius 1 is 1.31 bits per heavy atom. The number of esters is 1. The van der Waals surface area contributed by atoms with Gasteiger partial charge in [0.15, 0.2) is 17.5 Å². The van der Waals surface area contributed by atoms with Crippen LogP contribution in [0.2, 0.25) is 0 Å². The van der Waals surface area contributed by atoms with Crippen LogP contribution >= 0.6 is 0 Å². The lowest BCUT2D eigenvalue weighted by molar-refractivity contribution is -0.139. The van der Waals surface area contributed by atoms with E-state index >= 15 is 0 Å². The summed E-state index contributed by atoms with van der Waals surface area (Å²) < 4.78 is 42.6. The first-order chi connectivity index (χ1) is 7.56. The molecule has 0 aliphatic carbocycles. The van der Waals surface area contributed by atoms with Crippen molar-refractivity contribution in [3.8, 4) is 11.8 Å². The topological polar surface area (TPSA) is 26.3 Å². The first-order valence-corrected chi connectivity index (χ1v) is 4.25. The second-order valence-corrected chi connectivity index (χ2v) is 2.78. The molecule has 0 bridgehead atoms. The van der Waals surface area contributed by atoms with Crippen molar-refractivity contribution in [1.82, 2.24) is 0 Å². The van der Waals surface area contributed by atoms with Crippen LogP contribution in [0.3, 0.4) is 0 Å². The highest BCUT2D eigenvalue weighted by Crippen LogP contribution is 2.13. The highest BCUT2D eigenvalue weighted by molar-refractivity contribution is 5.72. The molecule has 0 aromatic heterocycles. The molecule has 1 rings (SSSR count). The maximum atomic E-state index is 13.0. The fourth-order valence-corrected chi connectivity index (χ4v) is 0.906. The van der Waals surface area contributed by atoms with Gasteiger partial charge in [0.1, 0.15) is 6.42 Å². The molecular formula is C11H7F3O2. The van der Waals surface area contributed by atoms with Gasteiger partial charge in [-0.05, 0) is 12.1 Å². The highest BCUT2D eigenvalue weighted by Gasteiger charge is 2.11. The SMILES string of the molecule is COC(=O)CC#Cc1ccc(F)c(F)c1F. The molecular weight excluding hydrogens is 221 g/mol. The van der Waals surface area contributed by atoms with Gasteiger partial charge in [0, 0.05) is 0 Å². The standard InChI is InChI=1S/C11H7F3O2/c1-16-9(15)4-2-3-7-5-6-8(12)11(14)10(7)13/h5-6H,4H2,1H3. The van der Waals surface area contributed by atoms with Crippen molar-refractivity contribution >= 4 is 5.97 Å². The predicted molar refractivity (Wildman–Crippen MR) is 49.8 cm³/mol. The van der Waals surface area contributed by atoms with Crippen LogP contribution in [0.4, 0.5) is 13.2 Å². The van der Waals surface area contributed by atoms with Gasteiger partial charge in [-0.2, -0.15) is 0 Å². The van der Waals surface area contributed by atoms with Crippen LogP contribution in [0, 0.1) is 29.3 Å². The highest BCUT2D eigenvalue weighted by atomic mass is 19.2. The Balaban J connectivity index is 2.90. The molecule has 0 heterocycles. The van der Waals surface area contributed by atoms with E-state index in [0.29, 0.717) is 0 Å². The normalized spacial score (nSPS) is 9.25. The maximum absolute atomic E-state index is 13.0. The molecule has 0 saturated heterocycles. The monoisotopic (exact) mass is 228 g/mol. The molecule has 0 unspecified atom stereocenters. The average Bonchev–Trinajstić information content (AvgIpc) is 2.29. The van der Waals surface area contributed by atoms with Crippen molar-refractivity contribution in [2.75, 3.05) is 7.11 Å². The van der Waals surface area contributed by atoms with E-state index in [1.807, 2.05) is 0 Å². The Hall–Kier alpha value is -1.96. The van der Waals surface area contributed by atoms with E-state index in [-0.39, 0.29) is 12.0 Å². The van der Waals surface area contributed by atoms with Crippen LogP contribution in [0.5, 0.6) is 0 Å². The Bertz CT molecular complexity index is 472. The zero-order valence-electron chi connectivity index (χ0n) is 8.31. The van der Waals surface area contributed by atoms with E-state index in [4.69, 9.17) is 0 Å². The van der Waals surface area contributed by atoms with Crippen LogP contribution < -0.4 is 0 Å². The van der Waals surface area contributed by atoms with Gasteiger partial charge in [-0.1, -0.05) is 11.8 Å². The first-order valence-electron chi connectivity index (χ1n) is 4.25. The molecule has 0 saturated carbocycles. The van der Waals surface area contributed by atoms with Gasteiger partial charge in [0.2, 0.25) is 0 Å². The van der Waals surface area contributed by atoms with Crippen molar-refractivity contribution < 1.29 is 22.7 Å². The van der Waals surface area contributed by atoms with Gasteiger partial charge < -0.3 is 4.74 Å². The summed E-state index contributed by atoms with van der Waals surface area (Å²) in [5.41, 5.74) is -0.303. The number of methoxy groups -OCH3 is 1. The Labute approximate surface area is 90.0 Å². The van der Waals surface area contributed by atoms with E-state index in [1.165, 1.54) is 7.11 Å². The van der Waals surface area contributed by atoms with Gasteiger partial charge >= 0.3 is 5.97 Å². The van der Waals surface area contributed by atoms with Gasteiger partial charge in [-0.3, -0.25) is 4.79 Å². The second-order valence-electron chi connectivity index (χ2n) is 2.78. The molecule has 84 valence electrons. The summed E-state index contributed by atoms with van der Waals surface area (Å²) in [7, 11) is 1.18. The van der Waals surface area contributed by atoms with Gasteiger partial charge in [0.05, 0.1) is 12.7 Å². The van der Waals surface area contributed by atoms with E-state index in [0.717, 1.165) is 12.1 Å². The molecule has 0 spiro atoms. The summed E-state index contributed by atoms with van der Waals surface area (Å²) in [5.74, 6) is -0.311. The largest absolute Gasteiger partial charge is 0.468 e. The average molecular weight is 228 g/mol. The summed E-state index contributed by atoms with van der Waals surface area (Å²) >= 11 is 0. The third kappa shape index (κ3) is 2.76. The number of benzene rings is 1. The lowest BCUT2D eigenvalue weighted by Gasteiger charge is -1.96. The number of halogens is 3. The summed E-state index contributed by atoms with van der Waals surface area (Å²) in [6.45, 7) is 0. The number of rotatable bonds is 1. The zero-order valence-corrected chi connectivity index (χ0v) is 8.31. The molecule has 0 amide bonds. The lowest BCUT2D eigenvalue weighted by Crippen LogP contribution is -1.98. The number of hydrogen-bond acceptors (Lipinski definition) is 2. The third-order valence-corrected chi connectivity index (χ3v) is 1.72. The van der Waals surface area contributed by atoms with Crippen molar-refractivity contribution in [1.29, 1.82) is 0 Å². The quantitative estimate of drug-likeness (QED) is 0.417. The van der Waals surface area contributed by atoms with Crippen molar-refractivity contribution in [2.24, 2.45) is 0 Å².